The first-order valence-electron chi connectivity index (χ1n) is 17.6. The number of carbonyl (C=O) groups is 1. The minimum Gasteiger partial charge on any atom is -0.372 e. The summed E-state index contributed by atoms with van der Waals surface area (Å²) in [7, 11) is 0. The van der Waals surface area contributed by atoms with Crippen LogP contribution in [0.1, 0.15) is 195 Å². The summed E-state index contributed by atoms with van der Waals surface area (Å²) >= 11 is 0. The lowest BCUT2D eigenvalue weighted by molar-refractivity contribution is -0.138. The van der Waals surface area contributed by atoms with Crippen LogP contribution >= 0.6 is 0 Å². The lowest BCUT2D eigenvalue weighted by Crippen LogP contribution is -2.42. The van der Waals surface area contributed by atoms with Gasteiger partial charge in [0.05, 0.1) is 0 Å². The maximum Gasteiger partial charge on any atom is 0.248 e. The molecule has 0 heterocycles. The molecule has 1 unspecified atom stereocenters. The van der Waals surface area contributed by atoms with E-state index in [-0.39, 0.29) is 12.5 Å². The Hall–Kier alpha value is -0.570. The van der Waals surface area contributed by atoms with Crippen LogP contribution in [0.25, 0.3) is 0 Å². The molecule has 0 aromatic carbocycles. The molecule has 38 heavy (non-hydrogen) atoms. The van der Waals surface area contributed by atoms with Crippen LogP contribution in [0.15, 0.2) is 0 Å². The molecule has 0 N–H and O–H groups in total. The number of hydrogen-bond acceptors (Lipinski definition) is 2. The summed E-state index contributed by atoms with van der Waals surface area (Å²) in [5.74, 6) is 0.209. The Bertz CT molecular complexity index is 467. The third-order valence-electron chi connectivity index (χ3n) is 8.21. The van der Waals surface area contributed by atoms with E-state index in [4.69, 9.17) is 4.74 Å². The van der Waals surface area contributed by atoms with Gasteiger partial charge in [-0.3, -0.25) is 4.79 Å². The predicted molar refractivity (Wildman–Crippen MR) is 169 cm³/mol. The van der Waals surface area contributed by atoms with Crippen molar-refractivity contribution in [3.63, 3.8) is 0 Å². The average Bonchev–Trinajstić information content (AvgIpc) is 2.93. The largest absolute Gasteiger partial charge is 0.372 e. The Morgan fingerprint density at radius 3 is 1.32 bits per heavy atom. The van der Waals surface area contributed by atoms with E-state index >= 15 is 0 Å². The lowest BCUT2D eigenvalue weighted by atomic mass is 10.0. The maximum atomic E-state index is 13.0. The van der Waals surface area contributed by atoms with Crippen LogP contribution in [-0.4, -0.2) is 36.6 Å². The maximum absolute atomic E-state index is 13.0. The van der Waals surface area contributed by atoms with E-state index < -0.39 is 0 Å². The monoisotopic (exact) mass is 538 g/mol. The number of amides is 1. The van der Waals surface area contributed by atoms with Crippen molar-refractivity contribution in [2.45, 2.75) is 201 Å². The topological polar surface area (TPSA) is 29.5 Å². The summed E-state index contributed by atoms with van der Waals surface area (Å²) < 4.78 is 5.83. The van der Waals surface area contributed by atoms with E-state index in [0.29, 0.717) is 6.04 Å². The van der Waals surface area contributed by atoms with Crippen molar-refractivity contribution in [1.29, 1.82) is 0 Å². The van der Waals surface area contributed by atoms with Gasteiger partial charge in [-0.1, -0.05) is 169 Å². The number of rotatable bonds is 31. The molecule has 0 aliphatic carbocycles. The van der Waals surface area contributed by atoms with Gasteiger partial charge in [-0.15, -0.1) is 0 Å². The Balaban J connectivity index is 3.80. The molecule has 3 heteroatoms. The lowest BCUT2D eigenvalue weighted by Gasteiger charge is -2.31. The first kappa shape index (κ1) is 37.4. The molecule has 0 aliphatic heterocycles. The number of carbonyl (C=O) groups excluding carboxylic acids is 1. The zero-order valence-electron chi connectivity index (χ0n) is 26.8. The average molecular weight is 538 g/mol. The van der Waals surface area contributed by atoms with E-state index in [2.05, 4.69) is 32.6 Å². The highest BCUT2D eigenvalue weighted by atomic mass is 16.5. The molecule has 0 aromatic rings. The Morgan fingerprint density at radius 2 is 0.921 bits per heavy atom. The molecule has 3 nitrogen and oxygen atoms in total. The summed E-state index contributed by atoms with van der Waals surface area (Å²) in [6.07, 6.45) is 34.6. The first-order chi connectivity index (χ1) is 18.7. The summed E-state index contributed by atoms with van der Waals surface area (Å²) in [5.41, 5.74) is 0. The molecular weight excluding hydrogens is 466 g/mol. The predicted octanol–water partition coefficient (Wildman–Crippen LogP) is 11.4. The van der Waals surface area contributed by atoms with Gasteiger partial charge in [0, 0.05) is 19.2 Å². The van der Waals surface area contributed by atoms with Gasteiger partial charge in [0.25, 0.3) is 0 Å². The van der Waals surface area contributed by atoms with E-state index in [9.17, 15) is 4.79 Å². The Kier molecular flexibility index (Phi) is 30.5. The molecule has 1 amide bonds. The quantitative estimate of drug-likeness (QED) is 0.0823. The Labute approximate surface area is 240 Å². The molecule has 0 saturated carbocycles. The standard InChI is InChI=1S/C35H71NO2/c1-5-9-11-13-15-17-19-20-21-23-25-27-29-32-38-33-35(37)36(31-7-3)34(8-4)30-28-26-24-22-18-16-14-12-10-6-2/h34H,5-33H2,1-4H3. The van der Waals surface area contributed by atoms with Crippen molar-refractivity contribution >= 4 is 5.91 Å². The van der Waals surface area contributed by atoms with E-state index in [1.54, 1.807) is 0 Å². The van der Waals surface area contributed by atoms with Crippen molar-refractivity contribution in [2.75, 3.05) is 19.8 Å². The van der Waals surface area contributed by atoms with Gasteiger partial charge in [0.2, 0.25) is 5.91 Å². The molecular formula is C35H71NO2. The Morgan fingerprint density at radius 1 is 0.526 bits per heavy atom. The number of hydrogen-bond donors (Lipinski definition) is 0. The SMILES string of the molecule is CCCCCCCCCCCCCCCOCC(=O)N(CCC)C(CC)CCCCCCCCCCCC. The minimum atomic E-state index is 0.209. The first-order valence-corrected chi connectivity index (χ1v) is 17.6. The molecule has 1 atom stereocenters. The third kappa shape index (κ3) is 24.5. The van der Waals surface area contributed by atoms with Crippen LogP contribution in [0.4, 0.5) is 0 Å². The fourth-order valence-corrected chi connectivity index (χ4v) is 5.66. The van der Waals surface area contributed by atoms with Crippen LogP contribution in [-0.2, 0) is 9.53 Å². The van der Waals surface area contributed by atoms with Crippen LogP contribution in [0.2, 0.25) is 0 Å². The molecule has 0 radical (unpaired) electrons. The van der Waals surface area contributed by atoms with Gasteiger partial charge >= 0.3 is 0 Å². The van der Waals surface area contributed by atoms with Gasteiger partial charge in [-0.25, -0.2) is 0 Å². The highest BCUT2D eigenvalue weighted by molar-refractivity contribution is 5.77. The van der Waals surface area contributed by atoms with Gasteiger partial charge in [0.1, 0.15) is 6.61 Å². The minimum absolute atomic E-state index is 0.209. The normalized spacial score (nSPS) is 12.2. The van der Waals surface area contributed by atoms with Crippen LogP contribution in [0, 0.1) is 0 Å². The van der Waals surface area contributed by atoms with Crippen molar-refractivity contribution in [3.05, 3.63) is 0 Å². The summed E-state index contributed by atoms with van der Waals surface area (Å²) in [6.45, 7) is 10.9. The zero-order valence-corrected chi connectivity index (χ0v) is 26.8. The van der Waals surface area contributed by atoms with Crippen molar-refractivity contribution < 1.29 is 9.53 Å². The zero-order chi connectivity index (χ0) is 27.9. The molecule has 0 aromatic heterocycles. The van der Waals surface area contributed by atoms with Crippen molar-refractivity contribution in [1.82, 2.24) is 4.90 Å². The summed E-state index contributed by atoms with van der Waals surface area (Å²) in [6, 6.07) is 0.386. The van der Waals surface area contributed by atoms with E-state index in [1.165, 1.54) is 141 Å². The molecule has 0 aliphatic rings. The van der Waals surface area contributed by atoms with Crippen molar-refractivity contribution in [3.8, 4) is 0 Å². The summed E-state index contributed by atoms with van der Waals surface area (Å²) in [4.78, 5) is 15.1. The van der Waals surface area contributed by atoms with Gasteiger partial charge in [0.15, 0.2) is 0 Å². The van der Waals surface area contributed by atoms with E-state index in [1.807, 2.05) is 0 Å². The van der Waals surface area contributed by atoms with Crippen LogP contribution < -0.4 is 0 Å². The molecule has 0 saturated heterocycles. The van der Waals surface area contributed by atoms with Crippen LogP contribution in [0.3, 0.4) is 0 Å². The highest BCUT2D eigenvalue weighted by Gasteiger charge is 2.21. The third-order valence-corrected chi connectivity index (χ3v) is 8.21. The molecule has 0 bridgehead atoms. The molecule has 0 rings (SSSR count). The smallest absolute Gasteiger partial charge is 0.248 e. The second-order valence-electron chi connectivity index (χ2n) is 11.9. The molecule has 0 fully saturated rings. The number of nitrogens with zero attached hydrogens (tertiary/aromatic N) is 1. The fraction of sp³-hybridized carbons (Fsp3) is 0.971. The molecule has 228 valence electrons. The van der Waals surface area contributed by atoms with Gasteiger partial charge in [-0.2, -0.15) is 0 Å². The van der Waals surface area contributed by atoms with Gasteiger partial charge in [-0.05, 0) is 25.7 Å². The van der Waals surface area contributed by atoms with Crippen LogP contribution in [0.5, 0.6) is 0 Å². The molecule has 0 spiro atoms. The highest BCUT2D eigenvalue weighted by Crippen LogP contribution is 2.17. The second-order valence-corrected chi connectivity index (χ2v) is 11.9. The van der Waals surface area contributed by atoms with E-state index in [0.717, 1.165) is 38.8 Å². The van der Waals surface area contributed by atoms with Crippen molar-refractivity contribution in [2.24, 2.45) is 0 Å². The van der Waals surface area contributed by atoms with Gasteiger partial charge < -0.3 is 9.64 Å². The number of ether oxygens (including phenoxy) is 1. The summed E-state index contributed by atoms with van der Waals surface area (Å²) in [5, 5.41) is 0. The number of unbranched alkanes of at least 4 members (excludes halogenated alkanes) is 21. The second kappa shape index (κ2) is 31.0. The fourth-order valence-electron chi connectivity index (χ4n) is 5.66.